The molecule has 5 aliphatic rings. The molecule has 1 N–H and O–H groups in total. The standard InChI is InChI=1S/C22H29N3/c1-14-15(2)21(20-5-4-6-25(20)3)24-19(14)13-23-22-10-16-7-17(11-22)9-18(8-16)12-22/h4-6,13,16-18,23H,7-12H2,1-3H3. The number of hydrogen-bond acceptors (Lipinski definition) is 2. The van der Waals surface area contributed by atoms with E-state index in [4.69, 9.17) is 4.99 Å². The second-order valence-corrected chi connectivity index (χ2v) is 9.09. The Morgan fingerprint density at radius 2 is 1.72 bits per heavy atom. The highest BCUT2D eigenvalue weighted by Gasteiger charge is 2.50. The molecule has 6 rings (SSSR count). The number of allylic oxidation sites excluding steroid dienone is 2. The fourth-order valence-corrected chi connectivity index (χ4v) is 6.26. The minimum atomic E-state index is 0.360. The number of nitrogens with one attached hydrogen (secondary N) is 1. The van der Waals surface area contributed by atoms with Crippen molar-refractivity contribution in [2.75, 3.05) is 0 Å². The van der Waals surface area contributed by atoms with Gasteiger partial charge in [0.2, 0.25) is 0 Å². The Balaban J connectivity index is 1.42. The van der Waals surface area contributed by atoms with Gasteiger partial charge in [-0.15, -0.1) is 0 Å². The maximum absolute atomic E-state index is 4.99. The summed E-state index contributed by atoms with van der Waals surface area (Å²) in [5.74, 6) is 2.92. The number of aliphatic imine (C=N–C) groups is 1. The number of hydrogen-bond donors (Lipinski definition) is 1. The predicted molar refractivity (Wildman–Crippen MR) is 102 cm³/mol. The Labute approximate surface area is 150 Å². The predicted octanol–water partition coefficient (Wildman–Crippen LogP) is 4.56. The largest absolute Gasteiger partial charge is 0.384 e. The molecule has 4 fully saturated rings. The van der Waals surface area contributed by atoms with Crippen molar-refractivity contribution < 1.29 is 0 Å². The van der Waals surface area contributed by atoms with Crippen LogP contribution in [0.5, 0.6) is 0 Å². The van der Waals surface area contributed by atoms with Gasteiger partial charge in [0.05, 0.1) is 17.1 Å². The maximum atomic E-state index is 4.99. The van der Waals surface area contributed by atoms with Crippen LogP contribution in [0.4, 0.5) is 0 Å². The van der Waals surface area contributed by atoms with Crippen LogP contribution in [0.25, 0.3) is 0 Å². The zero-order valence-corrected chi connectivity index (χ0v) is 15.7. The van der Waals surface area contributed by atoms with Gasteiger partial charge in [-0.2, -0.15) is 0 Å². The van der Waals surface area contributed by atoms with E-state index in [0.29, 0.717) is 5.54 Å². The molecule has 3 nitrogen and oxygen atoms in total. The second kappa shape index (κ2) is 5.36. The molecule has 1 aromatic heterocycles. The quantitative estimate of drug-likeness (QED) is 0.862. The van der Waals surface area contributed by atoms with E-state index in [1.54, 1.807) is 0 Å². The molecule has 0 aromatic carbocycles. The fourth-order valence-electron chi connectivity index (χ4n) is 6.26. The molecule has 1 aliphatic heterocycles. The van der Waals surface area contributed by atoms with E-state index in [1.807, 2.05) is 0 Å². The van der Waals surface area contributed by atoms with E-state index < -0.39 is 0 Å². The van der Waals surface area contributed by atoms with Crippen LogP contribution < -0.4 is 5.32 Å². The third-order valence-electron chi connectivity index (χ3n) is 7.27. The molecule has 25 heavy (non-hydrogen) atoms. The number of nitrogens with zero attached hydrogens (tertiary/aromatic N) is 2. The molecule has 0 atom stereocenters. The van der Waals surface area contributed by atoms with Gasteiger partial charge in [-0.1, -0.05) is 0 Å². The van der Waals surface area contributed by atoms with Crippen LogP contribution >= 0.6 is 0 Å². The monoisotopic (exact) mass is 335 g/mol. The van der Waals surface area contributed by atoms with E-state index in [2.05, 4.69) is 55.3 Å². The average molecular weight is 335 g/mol. The van der Waals surface area contributed by atoms with Gasteiger partial charge in [-0.25, -0.2) is 4.99 Å². The second-order valence-electron chi connectivity index (χ2n) is 9.09. The molecular weight excluding hydrogens is 306 g/mol. The Morgan fingerprint density at radius 3 is 2.28 bits per heavy atom. The van der Waals surface area contributed by atoms with Crippen molar-refractivity contribution in [1.82, 2.24) is 9.88 Å². The van der Waals surface area contributed by atoms with Crippen molar-refractivity contribution >= 4 is 5.71 Å². The van der Waals surface area contributed by atoms with Crippen LogP contribution in [0.3, 0.4) is 0 Å². The highest BCUT2D eigenvalue weighted by molar-refractivity contribution is 6.14. The van der Waals surface area contributed by atoms with E-state index in [1.165, 1.54) is 55.4 Å². The van der Waals surface area contributed by atoms with Crippen molar-refractivity contribution in [2.45, 2.75) is 57.9 Å². The molecule has 0 radical (unpaired) electrons. The van der Waals surface area contributed by atoms with Crippen LogP contribution in [-0.2, 0) is 7.05 Å². The molecule has 2 heterocycles. The Hall–Kier alpha value is -1.77. The Kier molecular flexibility index (Phi) is 3.32. The van der Waals surface area contributed by atoms with Crippen molar-refractivity contribution in [3.8, 4) is 0 Å². The number of aryl methyl sites for hydroxylation is 1. The van der Waals surface area contributed by atoms with E-state index in [0.717, 1.165) is 29.2 Å². The first-order chi connectivity index (χ1) is 12.0. The first-order valence-corrected chi connectivity index (χ1v) is 9.89. The molecule has 4 bridgehead atoms. The van der Waals surface area contributed by atoms with Crippen molar-refractivity contribution in [3.05, 3.63) is 47.1 Å². The number of rotatable bonds is 3. The van der Waals surface area contributed by atoms with Crippen molar-refractivity contribution in [3.63, 3.8) is 0 Å². The van der Waals surface area contributed by atoms with Crippen LogP contribution in [0.2, 0.25) is 0 Å². The van der Waals surface area contributed by atoms with Crippen LogP contribution in [0.1, 0.15) is 58.1 Å². The zero-order chi connectivity index (χ0) is 17.2. The summed E-state index contributed by atoms with van der Waals surface area (Å²) in [4.78, 5) is 4.99. The lowest BCUT2D eigenvalue weighted by molar-refractivity contribution is -0.0130. The van der Waals surface area contributed by atoms with Crippen molar-refractivity contribution in [2.24, 2.45) is 29.8 Å². The Morgan fingerprint density at radius 1 is 1.08 bits per heavy atom. The molecule has 4 aliphatic carbocycles. The topological polar surface area (TPSA) is 29.3 Å². The SMILES string of the molecule is CC1=C(C)C(c2cccn2C)=NC1=CNC12CC3CC(CC(C3)C1)C2. The van der Waals surface area contributed by atoms with Crippen LogP contribution in [0, 0.1) is 17.8 Å². The van der Waals surface area contributed by atoms with E-state index in [9.17, 15) is 0 Å². The molecule has 0 saturated heterocycles. The van der Waals surface area contributed by atoms with Gasteiger partial charge >= 0.3 is 0 Å². The number of aromatic nitrogens is 1. The maximum Gasteiger partial charge on any atom is 0.0906 e. The highest BCUT2D eigenvalue weighted by atomic mass is 15.0. The summed E-state index contributed by atoms with van der Waals surface area (Å²) in [5, 5.41) is 3.89. The lowest BCUT2D eigenvalue weighted by atomic mass is 9.53. The summed E-state index contributed by atoms with van der Waals surface area (Å²) in [6.45, 7) is 4.41. The van der Waals surface area contributed by atoms with Crippen molar-refractivity contribution in [1.29, 1.82) is 0 Å². The average Bonchev–Trinajstić information content (AvgIpc) is 3.09. The summed E-state index contributed by atoms with van der Waals surface area (Å²) in [7, 11) is 2.09. The molecule has 4 saturated carbocycles. The van der Waals surface area contributed by atoms with Gasteiger partial charge in [-0.3, -0.25) is 0 Å². The third-order valence-corrected chi connectivity index (χ3v) is 7.27. The summed E-state index contributed by atoms with van der Waals surface area (Å²) in [6, 6.07) is 4.25. The van der Waals surface area contributed by atoms with E-state index in [-0.39, 0.29) is 0 Å². The van der Waals surface area contributed by atoms with Gasteiger partial charge in [0.1, 0.15) is 0 Å². The smallest absolute Gasteiger partial charge is 0.0906 e. The molecule has 1 aromatic rings. The molecule has 0 amide bonds. The zero-order valence-electron chi connectivity index (χ0n) is 15.7. The summed E-state index contributed by atoms with van der Waals surface area (Å²) in [6.07, 6.45) is 12.9. The highest BCUT2D eigenvalue weighted by Crippen LogP contribution is 2.55. The van der Waals surface area contributed by atoms with Gasteiger partial charge < -0.3 is 9.88 Å². The first kappa shape index (κ1) is 15.5. The van der Waals surface area contributed by atoms with Crippen LogP contribution in [-0.4, -0.2) is 15.8 Å². The van der Waals surface area contributed by atoms with Gasteiger partial charge in [0.25, 0.3) is 0 Å². The molecule has 0 unspecified atom stereocenters. The Bertz CT molecular complexity index is 770. The summed E-state index contributed by atoms with van der Waals surface area (Å²) >= 11 is 0. The normalized spacial score (nSPS) is 38.0. The third kappa shape index (κ3) is 2.43. The lowest BCUT2D eigenvalue weighted by Gasteiger charge is -2.57. The van der Waals surface area contributed by atoms with Gasteiger partial charge in [-0.05, 0) is 93.4 Å². The molecular formula is C22H29N3. The van der Waals surface area contributed by atoms with Crippen LogP contribution in [0.15, 0.2) is 46.4 Å². The minimum absolute atomic E-state index is 0.360. The minimum Gasteiger partial charge on any atom is -0.384 e. The molecule has 3 heteroatoms. The van der Waals surface area contributed by atoms with Gasteiger partial charge in [0, 0.05) is 25.0 Å². The van der Waals surface area contributed by atoms with Gasteiger partial charge in [0.15, 0.2) is 0 Å². The first-order valence-electron chi connectivity index (χ1n) is 9.89. The summed E-state index contributed by atoms with van der Waals surface area (Å²) < 4.78 is 2.16. The lowest BCUT2D eigenvalue weighted by Crippen LogP contribution is -2.57. The van der Waals surface area contributed by atoms with E-state index >= 15 is 0 Å². The molecule has 132 valence electrons. The molecule has 0 spiro atoms. The fraction of sp³-hybridized carbons (Fsp3) is 0.591. The summed E-state index contributed by atoms with van der Waals surface area (Å²) in [5.41, 5.74) is 6.44.